The number of hydrogen-bond acceptors (Lipinski definition) is 2. The van der Waals surface area contributed by atoms with Crippen molar-refractivity contribution in [3.63, 3.8) is 0 Å². The van der Waals surface area contributed by atoms with Crippen LogP contribution in [0.2, 0.25) is 0 Å². The Morgan fingerprint density at radius 1 is 1.14 bits per heavy atom. The van der Waals surface area contributed by atoms with Gasteiger partial charge in [-0.05, 0) is 49.2 Å². The molecule has 0 aliphatic carbocycles. The fourth-order valence-corrected chi connectivity index (χ4v) is 2.37. The number of unbranched alkanes of at least 4 members (excludes halogenated alkanes) is 1. The van der Waals surface area contributed by atoms with E-state index in [-0.39, 0.29) is 0 Å². The number of hydrogen-bond donors (Lipinski definition) is 1. The first kappa shape index (κ1) is 13.7. The van der Waals surface area contributed by atoms with Gasteiger partial charge in [0, 0.05) is 5.56 Å². The van der Waals surface area contributed by atoms with Crippen LogP contribution < -0.4 is 4.74 Å². The van der Waals surface area contributed by atoms with Gasteiger partial charge in [0.25, 0.3) is 0 Å². The third kappa shape index (κ3) is 2.92. The van der Waals surface area contributed by atoms with Crippen molar-refractivity contribution in [3.05, 3.63) is 48.0 Å². The number of aromatic amines is 1. The molecule has 3 aromatic rings. The molecule has 0 spiro atoms. The number of para-hydroxylation sites is 2. The summed E-state index contributed by atoms with van der Waals surface area (Å²) in [5, 5.41) is 0. The second kappa shape index (κ2) is 6.00. The van der Waals surface area contributed by atoms with Crippen molar-refractivity contribution in [2.24, 2.45) is 0 Å². The molecule has 0 fully saturated rings. The molecule has 0 atom stereocenters. The molecular weight excluding hydrogens is 260 g/mol. The van der Waals surface area contributed by atoms with Crippen LogP contribution >= 0.6 is 0 Å². The highest BCUT2D eigenvalue weighted by Crippen LogP contribution is 2.26. The molecule has 0 aliphatic heterocycles. The molecule has 3 rings (SSSR count). The molecule has 21 heavy (non-hydrogen) atoms. The van der Waals surface area contributed by atoms with E-state index in [1.807, 2.05) is 30.3 Å². The highest BCUT2D eigenvalue weighted by atomic mass is 16.5. The zero-order valence-corrected chi connectivity index (χ0v) is 12.5. The average Bonchev–Trinajstić information content (AvgIpc) is 2.93. The highest BCUT2D eigenvalue weighted by molar-refractivity contribution is 5.79. The zero-order valence-electron chi connectivity index (χ0n) is 12.5. The number of imidazole rings is 1. The maximum absolute atomic E-state index is 5.80. The van der Waals surface area contributed by atoms with Gasteiger partial charge in [0.15, 0.2) is 0 Å². The van der Waals surface area contributed by atoms with E-state index in [0.717, 1.165) is 53.2 Å². The maximum Gasteiger partial charge on any atom is 0.138 e. The Bertz CT molecular complexity index is 713. The number of ether oxygens (including phenoxy) is 1. The molecule has 0 aliphatic rings. The van der Waals surface area contributed by atoms with Crippen molar-refractivity contribution in [1.82, 2.24) is 9.97 Å². The molecule has 1 aromatic heterocycles. The lowest BCUT2D eigenvalue weighted by Gasteiger charge is -2.09. The summed E-state index contributed by atoms with van der Waals surface area (Å²) in [4.78, 5) is 7.99. The minimum atomic E-state index is 0.779. The third-order valence-corrected chi connectivity index (χ3v) is 3.59. The van der Waals surface area contributed by atoms with Gasteiger partial charge in [0.05, 0.1) is 17.6 Å². The Kier molecular flexibility index (Phi) is 3.91. The summed E-state index contributed by atoms with van der Waals surface area (Å²) in [6, 6.07) is 14.3. The molecule has 0 unspecified atom stereocenters. The maximum atomic E-state index is 5.80. The molecule has 108 valence electrons. The molecule has 0 saturated carbocycles. The van der Waals surface area contributed by atoms with Gasteiger partial charge in [-0.1, -0.05) is 25.5 Å². The number of fused-ring (bicyclic) bond motifs is 1. The predicted molar refractivity (Wildman–Crippen MR) is 86.7 cm³/mol. The first-order chi connectivity index (χ1) is 10.3. The summed E-state index contributed by atoms with van der Waals surface area (Å²) < 4.78 is 5.80. The Balaban J connectivity index is 1.87. The Morgan fingerprint density at radius 2 is 2.00 bits per heavy atom. The van der Waals surface area contributed by atoms with Crippen LogP contribution in [-0.2, 0) is 0 Å². The minimum absolute atomic E-state index is 0.779. The van der Waals surface area contributed by atoms with Crippen LogP contribution in [0.15, 0.2) is 42.5 Å². The van der Waals surface area contributed by atoms with Crippen LogP contribution in [0, 0.1) is 6.92 Å². The van der Waals surface area contributed by atoms with Crippen LogP contribution in [-0.4, -0.2) is 16.6 Å². The molecule has 0 saturated heterocycles. The van der Waals surface area contributed by atoms with E-state index in [2.05, 4.69) is 35.9 Å². The lowest BCUT2D eigenvalue weighted by Crippen LogP contribution is -1.98. The van der Waals surface area contributed by atoms with Gasteiger partial charge in [0.1, 0.15) is 11.6 Å². The minimum Gasteiger partial charge on any atom is -0.493 e. The SMILES string of the molecule is CCCCOc1ccc(-c2nc3ccccc3[nH]2)cc1C. The highest BCUT2D eigenvalue weighted by Gasteiger charge is 2.07. The van der Waals surface area contributed by atoms with Gasteiger partial charge in [-0.2, -0.15) is 0 Å². The number of benzene rings is 2. The Hall–Kier alpha value is -2.29. The fraction of sp³-hybridized carbons (Fsp3) is 0.278. The summed E-state index contributed by atoms with van der Waals surface area (Å²) in [5.41, 5.74) is 4.29. The van der Waals surface area contributed by atoms with E-state index in [0.29, 0.717) is 0 Å². The van der Waals surface area contributed by atoms with E-state index in [4.69, 9.17) is 4.74 Å². The largest absolute Gasteiger partial charge is 0.493 e. The van der Waals surface area contributed by atoms with Gasteiger partial charge >= 0.3 is 0 Å². The van der Waals surface area contributed by atoms with E-state index in [1.54, 1.807) is 0 Å². The number of aryl methyl sites for hydroxylation is 1. The monoisotopic (exact) mass is 280 g/mol. The van der Waals surface area contributed by atoms with Crippen LogP contribution in [0.1, 0.15) is 25.3 Å². The second-order valence-corrected chi connectivity index (χ2v) is 5.28. The van der Waals surface area contributed by atoms with Crippen LogP contribution in [0.25, 0.3) is 22.4 Å². The van der Waals surface area contributed by atoms with Gasteiger partial charge in [-0.25, -0.2) is 4.98 Å². The lowest BCUT2D eigenvalue weighted by molar-refractivity contribution is 0.307. The molecule has 0 radical (unpaired) electrons. The van der Waals surface area contributed by atoms with Crippen molar-refractivity contribution in [1.29, 1.82) is 0 Å². The van der Waals surface area contributed by atoms with Gasteiger partial charge in [-0.3, -0.25) is 0 Å². The van der Waals surface area contributed by atoms with Crippen molar-refractivity contribution in [2.45, 2.75) is 26.7 Å². The normalized spacial score (nSPS) is 11.0. The van der Waals surface area contributed by atoms with Gasteiger partial charge in [0.2, 0.25) is 0 Å². The van der Waals surface area contributed by atoms with Crippen molar-refractivity contribution < 1.29 is 4.74 Å². The van der Waals surface area contributed by atoms with E-state index in [9.17, 15) is 0 Å². The summed E-state index contributed by atoms with van der Waals surface area (Å²) in [7, 11) is 0. The summed E-state index contributed by atoms with van der Waals surface area (Å²) in [6.45, 7) is 5.02. The number of aromatic nitrogens is 2. The fourth-order valence-electron chi connectivity index (χ4n) is 2.37. The molecule has 3 nitrogen and oxygen atoms in total. The van der Waals surface area contributed by atoms with E-state index in [1.165, 1.54) is 0 Å². The van der Waals surface area contributed by atoms with Crippen LogP contribution in [0.5, 0.6) is 5.75 Å². The quantitative estimate of drug-likeness (QED) is 0.687. The number of rotatable bonds is 5. The topological polar surface area (TPSA) is 37.9 Å². The Labute approximate surface area is 125 Å². The smallest absolute Gasteiger partial charge is 0.138 e. The van der Waals surface area contributed by atoms with Crippen molar-refractivity contribution in [2.75, 3.05) is 6.61 Å². The summed E-state index contributed by atoms with van der Waals surface area (Å²) in [6.07, 6.45) is 2.24. The average molecular weight is 280 g/mol. The van der Waals surface area contributed by atoms with E-state index >= 15 is 0 Å². The molecule has 0 amide bonds. The van der Waals surface area contributed by atoms with Gasteiger partial charge in [-0.15, -0.1) is 0 Å². The first-order valence-electron chi connectivity index (χ1n) is 7.46. The molecular formula is C18H20N2O. The standard InChI is InChI=1S/C18H20N2O/c1-3-4-11-21-17-10-9-14(12-13(17)2)18-19-15-7-5-6-8-16(15)20-18/h5-10,12H,3-4,11H2,1-2H3,(H,19,20). The van der Waals surface area contributed by atoms with Crippen LogP contribution in [0.3, 0.4) is 0 Å². The van der Waals surface area contributed by atoms with Crippen molar-refractivity contribution >= 4 is 11.0 Å². The molecule has 3 heteroatoms. The first-order valence-corrected chi connectivity index (χ1v) is 7.46. The second-order valence-electron chi connectivity index (χ2n) is 5.28. The number of H-pyrrole nitrogens is 1. The molecule has 1 heterocycles. The summed E-state index contributed by atoms with van der Waals surface area (Å²) >= 11 is 0. The molecule has 1 N–H and O–H groups in total. The molecule has 0 bridgehead atoms. The third-order valence-electron chi connectivity index (χ3n) is 3.59. The van der Waals surface area contributed by atoms with Gasteiger partial charge < -0.3 is 9.72 Å². The number of nitrogens with one attached hydrogen (secondary N) is 1. The zero-order chi connectivity index (χ0) is 14.7. The lowest BCUT2D eigenvalue weighted by atomic mass is 10.1. The van der Waals surface area contributed by atoms with E-state index < -0.39 is 0 Å². The number of nitrogens with zero attached hydrogens (tertiary/aromatic N) is 1. The molecule has 2 aromatic carbocycles. The van der Waals surface area contributed by atoms with Crippen molar-refractivity contribution in [3.8, 4) is 17.1 Å². The summed E-state index contributed by atoms with van der Waals surface area (Å²) in [5.74, 6) is 1.86. The predicted octanol–water partition coefficient (Wildman–Crippen LogP) is 4.72. The Morgan fingerprint density at radius 3 is 2.76 bits per heavy atom. The van der Waals surface area contributed by atoms with Crippen LogP contribution in [0.4, 0.5) is 0 Å².